The Hall–Kier alpha value is -0.380. The third kappa shape index (κ3) is 3.54. The van der Waals surface area contributed by atoms with Gasteiger partial charge in [-0.2, -0.15) is 0 Å². The van der Waals surface area contributed by atoms with Crippen molar-refractivity contribution in [2.75, 3.05) is 13.1 Å². The van der Waals surface area contributed by atoms with Gasteiger partial charge in [0, 0.05) is 24.0 Å². The summed E-state index contributed by atoms with van der Waals surface area (Å²) in [5.41, 5.74) is 1.51. The first kappa shape index (κ1) is 13.1. The molecular weight excluding hydrogens is 228 g/mol. The van der Waals surface area contributed by atoms with Crippen LogP contribution in [0.3, 0.4) is 0 Å². The van der Waals surface area contributed by atoms with E-state index in [0.29, 0.717) is 6.04 Å². The van der Waals surface area contributed by atoms with Gasteiger partial charge in [-0.1, -0.05) is 13.8 Å². The lowest BCUT2D eigenvalue weighted by molar-refractivity contribution is 0.290. The van der Waals surface area contributed by atoms with Crippen LogP contribution in [0.1, 0.15) is 37.1 Å². The standard InChI is InChI=1S/C14H24N2S/c1-3-12-6-8-17-14(12)10-15-9-13-11(2)5-4-7-16-13/h6,8,11,13,15-16H,3-5,7,9-10H2,1-2H3. The zero-order valence-corrected chi connectivity index (χ0v) is 11.8. The molecule has 0 aliphatic carbocycles. The normalized spacial score (nSPS) is 25.1. The van der Waals surface area contributed by atoms with Crippen LogP contribution in [-0.2, 0) is 13.0 Å². The quantitative estimate of drug-likeness (QED) is 0.842. The molecule has 1 aromatic rings. The Balaban J connectivity index is 1.75. The summed E-state index contributed by atoms with van der Waals surface area (Å²) < 4.78 is 0. The molecule has 17 heavy (non-hydrogen) atoms. The highest BCUT2D eigenvalue weighted by Gasteiger charge is 2.19. The molecule has 2 unspecified atom stereocenters. The monoisotopic (exact) mass is 252 g/mol. The average molecular weight is 252 g/mol. The van der Waals surface area contributed by atoms with Crippen molar-refractivity contribution in [2.24, 2.45) is 5.92 Å². The van der Waals surface area contributed by atoms with E-state index in [2.05, 4.69) is 35.9 Å². The number of rotatable bonds is 5. The van der Waals surface area contributed by atoms with E-state index in [1.54, 1.807) is 0 Å². The number of aryl methyl sites for hydroxylation is 1. The fraction of sp³-hybridized carbons (Fsp3) is 0.714. The van der Waals surface area contributed by atoms with Crippen LogP contribution in [0.2, 0.25) is 0 Å². The van der Waals surface area contributed by atoms with Gasteiger partial charge < -0.3 is 10.6 Å². The van der Waals surface area contributed by atoms with Crippen LogP contribution >= 0.6 is 11.3 Å². The highest BCUT2D eigenvalue weighted by molar-refractivity contribution is 7.10. The van der Waals surface area contributed by atoms with E-state index in [9.17, 15) is 0 Å². The second-order valence-electron chi connectivity index (χ2n) is 5.03. The molecule has 2 rings (SSSR count). The maximum Gasteiger partial charge on any atom is 0.0303 e. The molecule has 0 spiro atoms. The molecule has 2 nitrogen and oxygen atoms in total. The van der Waals surface area contributed by atoms with Crippen LogP contribution < -0.4 is 10.6 Å². The Morgan fingerprint density at radius 1 is 1.53 bits per heavy atom. The molecule has 1 aromatic heterocycles. The second kappa shape index (κ2) is 6.53. The molecule has 3 heteroatoms. The summed E-state index contributed by atoms with van der Waals surface area (Å²) in [6.07, 6.45) is 3.86. The Morgan fingerprint density at radius 2 is 2.41 bits per heavy atom. The van der Waals surface area contributed by atoms with Crippen molar-refractivity contribution in [1.82, 2.24) is 10.6 Å². The lowest BCUT2D eigenvalue weighted by atomic mass is 9.93. The molecule has 1 aliphatic heterocycles. The molecule has 1 saturated heterocycles. The summed E-state index contributed by atoms with van der Waals surface area (Å²) >= 11 is 1.88. The average Bonchev–Trinajstić information content (AvgIpc) is 2.79. The minimum atomic E-state index is 0.661. The van der Waals surface area contributed by atoms with Gasteiger partial charge in [-0.05, 0) is 48.7 Å². The molecule has 96 valence electrons. The van der Waals surface area contributed by atoms with E-state index < -0.39 is 0 Å². The van der Waals surface area contributed by atoms with Crippen molar-refractivity contribution in [2.45, 2.75) is 45.7 Å². The zero-order chi connectivity index (χ0) is 12.1. The molecule has 0 aromatic carbocycles. The van der Waals surface area contributed by atoms with Gasteiger partial charge in [-0.3, -0.25) is 0 Å². The van der Waals surface area contributed by atoms with Gasteiger partial charge in [0.05, 0.1) is 0 Å². The number of thiophene rings is 1. The van der Waals surface area contributed by atoms with E-state index >= 15 is 0 Å². The molecule has 1 aliphatic rings. The van der Waals surface area contributed by atoms with Gasteiger partial charge in [0.1, 0.15) is 0 Å². The number of piperidine rings is 1. The molecule has 0 bridgehead atoms. The number of nitrogens with one attached hydrogen (secondary N) is 2. The van der Waals surface area contributed by atoms with Gasteiger partial charge in [-0.15, -0.1) is 11.3 Å². The minimum absolute atomic E-state index is 0.661. The first-order valence-corrected chi connectivity index (χ1v) is 7.68. The topological polar surface area (TPSA) is 24.1 Å². The Labute approximate surface area is 109 Å². The van der Waals surface area contributed by atoms with Gasteiger partial charge in [0.15, 0.2) is 0 Å². The van der Waals surface area contributed by atoms with Crippen LogP contribution in [0.5, 0.6) is 0 Å². The third-order valence-corrected chi connectivity index (χ3v) is 4.76. The SMILES string of the molecule is CCc1ccsc1CNCC1NCCCC1C. The first-order valence-electron chi connectivity index (χ1n) is 6.80. The fourth-order valence-electron chi connectivity index (χ4n) is 2.57. The summed E-state index contributed by atoms with van der Waals surface area (Å²) in [6, 6.07) is 2.91. The lowest BCUT2D eigenvalue weighted by Gasteiger charge is -2.30. The van der Waals surface area contributed by atoms with Crippen molar-refractivity contribution < 1.29 is 0 Å². The number of hydrogen-bond donors (Lipinski definition) is 2. The van der Waals surface area contributed by atoms with E-state index in [1.165, 1.54) is 29.8 Å². The van der Waals surface area contributed by atoms with E-state index in [1.807, 2.05) is 11.3 Å². The molecule has 1 fully saturated rings. The molecular formula is C14H24N2S. The highest BCUT2D eigenvalue weighted by atomic mass is 32.1. The summed E-state index contributed by atoms with van der Waals surface area (Å²) in [5.74, 6) is 0.810. The summed E-state index contributed by atoms with van der Waals surface area (Å²) in [5, 5.41) is 9.43. The first-order chi connectivity index (χ1) is 8.31. The second-order valence-corrected chi connectivity index (χ2v) is 6.03. The van der Waals surface area contributed by atoms with Gasteiger partial charge in [0.25, 0.3) is 0 Å². The number of hydrogen-bond acceptors (Lipinski definition) is 3. The molecule has 0 radical (unpaired) electrons. The van der Waals surface area contributed by atoms with Crippen molar-refractivity contribution in [3.63, 3.8) is 0 Å². The fourth-order valence-corrected chi connectivity index (χ4v) is 3.51. The van der Waals surface area contributed by atoms with E-state index in [-0.39, 0.29) is 0 Å². The largest absolute Gasteiger partial charge is 0.312 e. The molecule has 2 N–H and O–H groups in total. The zero-order valence-electron chi connectivity index (χ0n) is 11.0. The van der Waals surface area contributed by atoms with Crippen LogP contribution in [0.15, 0.2) is 11.4 Å². The summed E-state index contributed by atoms with van der Waals surface area (Å²) in [6.45, 7) is 7.92. The van der Waals surface area contributed by atoms with Crippen LogP contribution in [-0.4, -0.2) is 19.1 Å². The smallest absolute Gasteiger partial charge is 0.0303 e. The van der Waals surface area contributed by atoms with Gasteiger partial charge in [0.2, 0.25) is 0 Å². The molecule has 0 saturated carbocycles. The Kier molecular flexibility index (Phi) is 5.01. The van der Waals surface area contributed by atoms with Crippen LogP contribution in [0.25, 0.3) is 0 Å². The van der Waals surface area contributed by atoms with Crippen molar-refractivity contribution >= 4 is 11.3 Å². The van der Waals surface area contributed by atoms with Gasteiger partial charge in [-0.25, -0.2) is 0 Å². The Morgan fingerprint density at radius 3 is 3.18 bits per heavy atom. The van der Waals surface area contributed by atoms with Gasteiger partial charge >= 0.3 is 0 Å². The minimum Gasteiger partial charge on any atom is -0.312 e. The molecule has 2 heterocycles. The van der Waals surface area contributed by atoms with Crippen molar-refractivity contribution in [1.29, 1.82) is 0 Å². The highest BCUT2D eigenvalue weighted by Crippen LogP contribution is 2.18. The molecule has 0 amide bonds. The van der Waals surface area contributed by atoms with E-state index in [4.69, 9.17) is 0 Å². The summed E-state index contributed by atoms with van der Waals surface area (Å²) in [7, 11) is 0. The Bertz CT molecular complexity index is 335. The van der Waals surface area contributed by atoms with Crippen molar-refractivity contribution in [3.8, 4) is 0 Å². The van der Waals surface area contributed by atoms with Crippen LogP contribution in [0, 0.1) is 5.92 Å². The molecule has 2 atom stereocenters. The van der Waals surface area contributed by atoms with E-state index in [0.717, 1.165) is 25.4 Å². The summed E-state index contributed by atoms with van der Waals surface area (Å²) in [4.78, 5) is 1.51. The maximum absolute atomic E-state index is 3.62. The third-order valence-electron chi connectivity index (χ3n) is 3.80. The predicted octanol–water partition coefficient (Wildman–Crippen LogP) is 2.79. The van der Waals surface area contributed by atoms with Crippen LogP contribution in [0.4, 0.5) is 0 Å². The lowest BCUT2D eigenvalue weighted by Crippen LogP contribution is -2.46. The maximum atomic E-state index is 3.62. The van der Waals surface area contributed by atoms with Crippen molar-refractivity contribution in [3.05, 3.63) is 21.9 Å². The predicted molar refractivity (Wildman–Crippen MR) is 75.6 cm³/mol.